The van der Waals surface area contributed by atoms with Crippen LogP contribution in [0.15, 0.2) is 84.9 Å². The standard InChI is InChI=1S/C18H14N.Li/c1-4-10-16(11-5-1)19(17-12-6-2-7-13-17)18-14-8-3-9-15-18;/h1-14H;/q-1;+1. The zero-order valence-electron chi connectivity index (χ0n) is 11.5. The van der Waals surface area contributed by atoms with Crippen molar-refractivity contribution in [3.8, 4) is 0 Å². The Kier molecular flexibility index (Phi) is 5.07. The quantitative estimate of drug-likeness (QED) is 0.508. The summed E-state index contributed by atoms with van der Waals surface area (Å²) >= 11 is 0. The minimum Gasteiger partial charge on any atom is -0.334 e. The maximum Gasteiger partial charge on any atom is 1.00 e. The van der Waals surface area contributed by atoms with E-state index in [1.807, 2.05) is 54.6 Å². The van der Waals surface area contributed by atoms with Crippen molar-refractivity contribution in [2.75, 3.05) is 4.90 Å². The van der Waals surface area contributed by atoms with Gasteiger partial charge in [-0.05, 0) is 24.3 Å². The summed E-state index contributed by atoms with van der Waals surface area (Å²) < 4.78 is 0. The summed E-state index contributed by atoms with van der Waals surface area (Å²) in [4.78, 5) is 2.19. The van der Waals surface area contributed by atoms with E-state index in [2.05, 4.69) is 41.3 Å². The Labute approximate surface area is 132 Å². The maximum absolute atomic E-state index is 3.29. The van der Waals surface area contributed by atoms with Gasteiger partial charge < -0.3 is 4.90 Å². The normalized spacial score (nSPS) is 9.60. The molecule has 0 amide bonds. The van der Waals surface area contributed by atoms with Gasteiger partial charge in [0.05, 0.1) is 0 Å². The molecule has 0 saturated heterocycles. The molecule has 0 aromatic heterocycles. The Morgan fingerprint density at radius 1 is 0.600 bits per heavy atom. The van der Waals surface area contributed by atoms with Crippen molar-refractivity contribution < 1.29 is 18.9 Å². The summed E-state index contributed by atoms with van der Waals surface area (Å²) in [5, 5.41) is 0. The van der Waals surface area contributed by atoms with Crippen LogP contribution in [0.4, 0.5) is 17.1 Å². The van der Waals surface area contributed by atoms with E-state index in [4.69, 9.17) is 0 Å². The zero-order chi connectivity index (χ0) is 12.9. The Morgan fingerprint density at radius 3 is 1.55 bits per heavy atom. The Hall–Kier alpha value is -1.94. The molecule has 2 heteroatoms. The van der Waals surface area contributed by atoms with Crippen molar-refractivity contribution in [1.29, 1.82) is 0 Å². The van der Waals surface area contributed by atoms with Crippen LogP contribution >= 0.6 is 0 Å². The van der Waals surface area contributed by atoms with Gasteiger partial charge in [0.15, 0.2) is 0 Å². The molecule has 0 heterocycles. The molecule has 3 aromatic rings. The van der Waals surface area contributed by atoms with Crippen LogP contribution in [-0.4, -0.2) is 0 Å². The first-order chi connectivity index (χ1) is 9.45. The minimum atomic E-state index is 0. The first-order valence-electron chi connectivity index (χ1n) is 6.32. The largest absolute Gasteiger partial charge is 1.00 e. The fourth-order valence-electron chi connectivity index (χ4n) is 2.10. The van der Waals surface area contributed by atoms with Crippen LogP contribution in [-0.2, 0) is 0 Å². The molecule has 0 aliphatic heterocycles. The van der Waals surface area contributed by atoms with Gasteiger partial charge in [0.25, 0.3) is 0 Å². The number of benzene rings is 3. The molecule has 0 unspecified atom stereocenters. The second-order valence-corrected chi connectivity index (χ2v) is 4.25. The second-order valence-electron chi connectivity index (χ2n) is 4.25. The summed E-state index contributed by atoms with van der Waals surface area (Å²) in [5.74, 6) is 0. The SMILES string of the molecule is [Li+].[c-]1ccccc1N(c1ccccc1)c1ccccc1. The molecule has 92 valence electrons. The van der Waals surface area contributed by atoms with E-state index >= 15 is 0 Å². The van der Waals surface area contributed by atoms with Gasteiger partial charge in [-0.25, -0.2) is 0 Å². The van der Waals surface area contributed by atoms with Gasteiger partial charge in [-0.2, -0.15) is 24.3 Å². The van der Waals surface area contributed by atoms with Crippen LogP contribution in [0, 0.1) is 6.07 Å². The van der Waals surface area contributed by atoms with Crippen molar-refractivity contribution in [2.45, 2.75) is 0 Å². The molecule has 0 atom stereocenters. The third kappa shape index (κ3) is 3.14. The molecule has 0 N–H and O–H groups in total. The predicted molar refractivity (Wildman–Crippen MR) is 80.0 cm³/mol. The van der Waals surface area contributed by atoms with Crippen LogP contribution in [0.2, 0.25) is 0 Å². The average Bonchev–Trinajstić information content (AvgIpc) is 2.51. The molecule has 3 aromatic carbocycles. The third-order valence-electron chi connectivity index (χ3n) is 2.96. The van der Waals surface area contributed by atoms with Gasteiger partial charge in [-0.3, -0.25) is 0 Å². The summed E-state index contributed by atoms with van der Waals surface area (Å²) in [6.45, 7) is 0. The van der Waals surface area contributed by atoms with E-state index < -0.39 is 0 Å². The zero-order valence-corrected chi connectivity index (χ0v) is 11.5. The first-order valence-corrected chi connectivity index (χ1v) is 6.32. The summed E-state index contributed by atoms with van der Waals surface area (Å²) in [6, 6.07) is 32.0. The number of rotatable bonds is 3. The van der Waals surface area contributed by atoms with E-state index in [9.17, 15) is 0 Å². The number of anilines is 3. The predicted octanol–water partition coefficient (Wildman–Crippen LogP) is 1.96. The number of nitrogens with zero attached hydrogens (tertiary/aromatic N) is 1. The molecule has 0 bridgehead atoms. The van der Waals surface area contributed by atoms with Gasteiger partial charge in [-0.15, -0.1) is 6.07 Å². The Bertz CT molecular complexity index is 529. The second kappa shape index (κ2) is 7.00. The van der Waals surface area contributed by atoms with Gasteiger partial charge in [0.1, 0.15) is 0 Å². The van der Waals surface area contributed by atoms with Gasteiger partial charge in [0.2, 0.25) is 0 Å². The van der Waals surface area contributed by atoms with E-state index in [0.717, 1.165) is 17.1 Å². The molecule has 0 aliphatic rings. The van der Waals surface area contributed by atoms with E-state index in [0.29, 0.717) is 0 Å². The van der Waals surface area contributed by atoms with Gasteiger partial charge in [-0.1, -0.05) is 42.1 Å². The molecule has 0 aliphatic carbocycles. The van der Waals surface area contributed by atoms with Crippen LogP contribution in [0.1, 0.15) is 0 Å². The summed E-state index contributed by atoms with van der Waals surface area (Å²) in [6.07, 6.45) is 0. The van der Waals surface area contributed by atoms with Gasteiger partial charge >= 0.3 is 18.9 Å². The molecular weight excluding hydrogens is 237 g/mol. The number of hydrogen-bond donors (Lipinski definition) is 0. The number of hydrogen-bond acceptors (Lipinski definition) is 1. The molecule has 1 nitrogen and oxygen atoms in total. The summed E-state index contributed by atoms with van der Waals surface area (Å²) in [5.41, 5.74) is 3.31. The Balaban J connectivity index is 0.00000147. The number of para-hydroxylation sites is 3. The molecular formula is C18H14LiN. The fraction of sp³-hybridized carbons (Fsp3) is 0. The Morgan fingerprint density at radius 2 is 1.10 bits per heavy atom. The monoisotopic (exact) mass is 251 g/mol. The topological polar surface area (TPSA) is 3.24 Å². The molecule has 0 saturated carbocycles. The molecule has 20 heavy (non-hydrogen) atoms. The molecule has 0 fully saturated rings. The first kappa shape index (κ1) is 14.5. The van der Waals surface area contributed by atoms with E-state index in [1.165, 1.54) is 0 Å². The average molecular weight is 251 g/mol. The van der Waals surface area contributed by atoms with E-state index in [1.54, 1.807) is 0 Å². The van der Waals surface area contributed by atoms with Crippen molar-refractivity contribution in [3.63, 3.8) is 0 Å². The fourth-order valence-corrected chi connectivity index (χ4v) is 2.10. The van der Waals surface area contributed by atoms with E-state index in [-0.39, 0.29) is 18.9 Å². The van der Waals surface area contributed by atoms with Crippen LogP contribution in [0.25, 0.3) is 0 Å². The van der Waals surface area contributed by atoms with Crippen molar-refractivity contribution in [3.05, 3.63) is 91.0 Å². The van der Waals surface area contributed by atoms with Crippen LogP contribution < -0.4 is 23.8 Å². The van der Waals surface area contributed by atoms with Gasteiger partial charge in [0, 0.05) is 11.4 Å². The van der Waals surface area contributed by atoms with Crippen molar-refractivity contribution >= 4 is 17.1 Å². The molecule has 0 radical (unpaired) electrons. The summed E-state index contributed by atoms with van der Waals surface area (Å²) in [7, 11) is 0. The van der Waals surface area contributed by atoms with Crippen molar-refractivity contribution in [2.24, 2.45) is 0 Å². The minimum absolute atomic E-state index is 0. The molecule has 3 rings (SSSR count). The van der Waals surface area contributed by atoms with Crippen molar-refractivity contribution in [1.82, 2.24) is 0 Å². The molecule has 0 spiro atoms. The third-order valence-corrected chi connectivity index (χ3v) is 2.96. The van der Waals surface area contributed by atoms with Crippen LogP contribution in [0.5, 0.6) is 0 Å². The maximum atomic E-state index is 3.29. The van der Waals surface area contributed by atoms with Crippen LogP contribution in [0.3, 0.4) is 0 Å². The smallest absolute Gasteiger partial charge is 0.334 e.